The molecule has 1 heterocycles. The molecule has 0 unspecified atom stereocenters. The number of benzene rings is 1. The van der Waals surface area contributed by atoms with Crippen molar-refractivity contribution in [3.8, 4) is 0 Å². The lowest BCUT2D eigenvalue weighted by atomic mass is 10.1. The molecule has 1 aromatic rings. The Morgan fingerprint density at radius 3 is 2.31 bits per heavy atom. The Morgan fingerprint density at radius 1 is 1.15 bits per heavy atom. The van der Waals surface area contributed by atoms with Crippen molar-refractivity contribution in [2.24, 2.45) is 0 Å². The summed E-state index contributed by atoms with van der Waals surface area (Å²) in [5, 5.41) is 0. The van der Waals surface area contributed by atoms with Crippen LogP contribution in [-0.4, -0.2) is 13.1 Å². The van der Waals surface area contributed by atoms with Gasteiger partial charge in [0.2, 0.25) is 0 Å². The molecular formula is C12H17N. The van der Waals surface area contributed by atoms with Crippen molar-refractivity contribution in [2.45, 2.75) is 26.2 Å². The van der Waals surface area contributed by atoms with Crippen LogP contribution in [0.5, 0.6) is 0 Å². The van der Waals surface area contributed by atoms with Crippen LogP contribution >= 0.6 is 0 Å². The van der Waals surface area contributed by atoms with Crippen molar-refractivity contribution in [3.63, 3.8) is 0 Å². The lowest BCUT2D eigenvalue weighted by molar-refractivity contribution is 0.617. The fraction of sp³-hybridized carbons (Fsp3) is 0.500. The minimum atomic E-state index is 1.21. The Bertz CT molecular complexity index is 259. The summed E-state index contributed by atoms with van der Waals surface area (Å²) in [4.78, 5) is 2.43. The molecule has 1 nitrogen and oxygen atoms in total. The molecule has 0 spiro atoms. The van der Waals surface area contributed by atoms with E-state index in [1.165, 1.54) is 43.6 Å². The summed E-state index contributed by atoms with van der Waals surface area (Å²) in [6, 6.07) is 9.03. The Morgan fingerprint density at radius 2 is 1.85 bits per heavy atom. The van der Waals surface area contributed by atoms with Gasteiger partial charge in [0.05, 0.1) is 0 Å². The first kappa shape index (κ1) is 8.61. The van der Waals surface area contributed by atoms with Gasteiger partial charge >= 0.3 is 0 Å². The Balaban J connectivity index is 2.04. The van der Waals surface area contributed by atoms with Crippen LogP contribution in [-0.2, 0) is 6.42 Å². The van der Waals surface area contributed by atoms with Crippen LogP contribution in [0.3, 0.4) is 0 Å². The third-order valence-electron chi connectivity index (χ3n) is 2.70. The molecule has 0 bridgehead atoms. The lowest BCUT2D eigenvalue weighted by Crippen LogP contribution is -2.36. The molecule has 0 saturated carbocycles. The molecule has 0 N–H and O–H groups in total. The highest BCUT2D eigenvalue weighted by Gasteiger charge is 2.13. The molecule has 1 aliphatic rings. The van der Waals surface area contributed by atoms with E-state index in [1.54, 1.807) is 0 Å². The summed E-state index contributed by atoms with van der Waals surface area (Å²) in [7, 11) is 0. The normalized spacial score (nSPS) is 15.6. The van der Waals surface area contributed by atoms with E-state index in [0.717, 1.165) is 0 Å². The highest BCUT2D eigenvalue weighted by Crippen LogP contribution is 2.20. The van der Waals surface area contributed by atoms with E-state index in [-0.39, 0.29) is 0 Å². The highest BCUT2D eigenvalue weighted by molar-refractivity contribution is 5.49. The van der Waals surface area contributed by atoms with Crippen LogP contribution in [0.2, 0.25) is 0 Å². The fourth-order valence-electron chi connectivity index (χ4n) is 1.74. The third-order valence-corrected chi connectivity index (χ3v) is 2.70. The van der Waals surface area contributed by atoms with Crippen LogP contribution in [0.4, 0.5) is 5.69 Å². The van der Waals surface area contributed by atoms with Crippen molar-refractivity contribution in [1.29, 1.82) is 0 Å². The van der Waals surface area contributed by atoms with Crippen LogP contribution < -0.4 is 4.90 Å². The predicted octanol–water partition coefficient (Wildman–Crippen LogP) is 2.85. The molecule has 0 radical (unpaired) electrons. The molecule has 1 saturated heterocycles. The lowest BCUT2D eigenvalue weighted by Gasteiger charge is -2.33. The van der Waals surface area contributed by atoms with Gasteiger partial charge in [-0.1, -0.05) is 25.5 Å². The molecule has 1 fully saturated rings. The van der Waals surface area contributed by atoms with Gasteiger partial charge in [-0.05, 0) is 30.5 Å². The quantitative estimate of drug-likeness (QED) is 0.682. The van der Waals surface area contributed by atoms with Gasteiger partial charge in [-0.2, -0.15) is 0 Å². The number of hydrogen-bond donors (Lipinski definition) is 0. The number of anilines is 1. The molecule has 1 heteroatoms. The van der Waals surface area contributed by atoms with Crippen LogP contribution in [0.25, 0.3) is 0 Å². The second-order valence-electron chi connectivity index (χ2n) is 3.76. The smallest absolute Gasteiger partial charge is 0.0366 e. The first-order chi connectivity index (χ1) is 6.40. The molecule has 70 valence electrons. The molecule has 13 heavy (non-hydrogen) atoms. The highest BCUT2D eigenvalue weighted by atomic mass is 15.2. The van der Waals surface area contributed by atoms with Gasteiger partial charge in [-0.3, -0.25) is 0 Å². The zero-order chi connectivity index (χ0) is 9.10. The van der Waals surface area contributed by atoms with E-state index in [0.29, 0.717) is 0 Å². The van der Waals surface area contributed by atoms with Crippen molar-refractivity contribution >= 4 is 5.69 Å². The molecule has 0 atom stereocenters. The molecule has 2 rings (SSSR count). The molecule has 0 aromatic heterocycles. The minimum absolute atomic E-state index is 1.21. The Labute approximate surface area is 80.4 Å². The van der Waals surface area contributed by atoms with Crippen LogP contribution in [0, 0.1) is 0 Å². The topological polar surface area (TPSA) is 3.24 Å². The van der Waals surface area contributed by atoms with E-state index >= 15 is 0 Å². The summed E-state index contributed by atoms with van der Waals surface area (Å²) < 4.78 is 0. The predicted molar refractivity (Wildman–Crippen MR) is 57.3 cm³/mol. The number of rotatable bonds is 3. The largest absolute Gasteiger partial charge is 0.371 e. The average molecular weight is 175 g/mol. The van der Waals surface area contributed by atoms with E-state index in [2.05, 4.69) is 36.1 Å². The standard InChI is InChI=1S/C12H17N/c1-2-4-11-5-7-12(8-6-11)13-9-3-10-13/h5-8H,2-4,9-10H2,1H3. The monoisotopic (exact) mass is 175 g/mol. The van der Waals surface area contributed by atoms with E-state index in [9.17, 15) is 0 Å². The molecule has 1 aromatic carbocycles. The molecule has 0 amide bonds. The fourth-order valence-corrected chi connectivity index (χ4v) is 1.74. The van der Waals surface area contributed by atoms with E-state index in [1.807, 2.05) is 0 Å². The van der Waals surface area contributed by atoms with Crippen molar-refractivity contribution in [1.82, 2.24) is 0 Å². The summed E-state index contributed by atoms with van der Waals surface area (Å²) in [6.07, 6.45) is 3.81. The first-order valence-corrected chi connectivity index (χ1v) is 5.24. The summed E-state index contributed by atoms with van der Waals surface area (Å²) in [6.45, 7) is 4.71. The second kappa shape index (κ2) is 3.82. The maximum Gasteiger partial charge on any atom is 0.0366 e. The van der Waals surface area contributed by atoms with Crippen molar-refractivity contribution in [2.75, 3.05) is 18.0 Å². The number of aryl methyl sites for hydroxylation is 1. The zero-order valence-corrected chi connectivity index (χ0v) is 8.29. The first-order valence-electron chi connectivity index (χ1n) is 5.24. The molecular weight excluding hydrogens is 158 g/mol. The Kier molecular flexibility index (Phi) is 2.53. The van der Waals surface area contributed by atoms with Gasteiger partial charge in [0.15, 0.2) is 0 Å². The van der Waals surface area contributed by atoms with E-state index in [4.69, 9.17) is 0 Å². The number of hydrogen-bond acceptors (Lipinski definition) is 1. The van der Waals surface area contributed by atoms with Crippen LogP contribution in [0.1, 0.15) is 25.3 Å². The van der Waals surface area contributed by atoms with Gasteiger partial charge in [0, 0.05) is 18.8 Å². The van der Waals surface area contributed by atoms with Gasteiger partial charge in [-0.15, -0.1) is 0 Å². The second-order valence-corrected chi connectivity index (χ2v) is 3.76. The van der Waals surface area contributed by atoms with E-state index < -0.39 is 0 Å². The van der Waals surface area contributed by atoms with Gasteiger partial charge in [-0.25, -0.2) is 0 Å². The summed E-state index contributed by atoms with van der Waals surface area (Å²) in [5.74, 6) is 0. The Hall–Kier alpha value is -0.980. The summed E-state index contributed by atoms with van der Waals surface area (Å²) >= 11 is 0. The van der Waals surface area contributed by atoms with Crippen LogP contribution in [0.15, 0.2) is 24.3 Å². The molecule has 0 aliphatic carbocycles. The third kappa shape index (κ3) is 1.85. The maximum atomic E-state index is 2.43. The summed E-state index contributed by atoms with van der Waals surface area (Å²) in [5.41, 5.74) is 2.86. The molecule has 1 aliphatic heterocycles. The van der Waals surface area contributed by atoms with Gasteiger partial charge in [0.1, 0.15) is 0 Å². The van der Waals surface area contributed by atoms with Crippen molar-refractivity contribution in [3.05, 3.63) is 29.8 Å². The SMILES string of the molecule is CCCc1ccc(N2CCC2)cc1. The average Bonchev–Trinajstić information content (AvgIpc) is 2.06. The minimum Gasteiger partial charge on any atom is -0.371 e. The number of nitrogens with zero attached hydrogens (tertiary/aromatic N) is 1. The zero-order valence-electron chi connectivity index (χ0n) is 8.29. The van der Waals surface area contributed by atoms with Gasteiger partial charge in [0.25, 0.3) is 0 Å². The van der Waals surface area contributed by atoms with Crippen molar-refractivity contribution < 1.29 is 0 Å². The van der Waals surface area contributed by atoms with Gasteiger partial charge < -0.3 is 4.90 Å². The maximum absolute atomic E-state index is 2.43.